The van der Waals surface area contributed by atoms with Crippen LogP contribution in [0.15, 0.2) is 53.6 Å². The zero-order chi connectivity index (χ0) is 21.5. The van der Waals surface area contributed by atoms with Crippen molar-refractivity contribution in [1.82, 2.24) is 8.87 Å². The fraction of sp³-hybridized carbons (Fsp3) is 0.391. The van der Waals surface area contributed by atoms with Crippen molar-refractivity contribution < 1.29 is 13.2 Å². The number of aromatic nitrogens is 1. The molecule has 30 heavy (non-hydrogen) atoms. The van der Waals surface area contributed by atoms with E-state index in [0.717, 1.165) is 23.9 Å². The molecule has 4 rings (SSSR count). The first-order chi connectivity index (χ1) is 14.3. The van der Waals surface area contributed by atoms with E-state index in [0.29, 0.717) is 28.8 Å². The highest BCUT2D eigenvalue weighted by atomic mass is 35.5. The third-order valence-electron chi connectivity index (χ3n) is 5.64. The molecule has 1 aromatic heterocycles. The maximum atomic E-state index is 13.2. The fourth-order valence-corrected chi connectivity index (χ4v) is 5.86. The van der Waals surface area contributed by atoms with Gasteiger partial charge in [-0.1, -0.05) is 17.7 Å². The Morgan fingerprint density at radius 2 is 1.90 bits per heavy atom. The van der Waals surface area contributed by atoms with E-state index in [2.05, 4.69) is 17.7 Å². The van der Waals surface area contributed by atoms with Gasteiger partial charge in [-0.2, -0.15) is 4.31 Å². The highest BCUT2D eigenvalue weighted by Gasteiger charge is 2.34. The van der Waals surface area contributed by atoms with Crippen LogP contribution in [0.5, 0.6) is 5.75 Å². The Morgan fingerprint density at radius 1 is 1.17 bits per heavy atom. The normalized spacial score (nSPS) is 17.8. The number of nitrogens with zero attached hydrogens (tertiary/aromatic N) is 2. The van der Waals surface area contributed by atoms with Crippen molar-refractivity contribution in [2.45, 2.75) is 50.7 Å². The van der Waals surface area contributed by atoms with E-state index in [9.17, 15) is 8.42 Å². The molecule has 0 N–H and O–H groups in total. The predicted molar refractivity (Wildman–Crippen MR) is 121 cm³/mol. The van der Waals surface area contributed by atoms with Crippen LogP contribution < -0.4 is 4.74 Å². The Kier molecular flexibility index (Phi) is 5.84. The van der Waals surface area contributed by atoms with Gasteiger partial charge in [0.2, 0.25) is 10.0 Å². The summed E-state index contributed by atoms with van der Waals surface area (Å²) in [4.78, 5) is 0.307. The molecule has 3 aromatic rings. The van der Waals surface area contributed by atoms with Gasteiger partial charge in [0.1, 0.15) is 5.75 Å². The molecule has 5 nitrogen and oxygen atoms in total. The van der Waals surface area contributed by atoms with Gasteiger partial charge in [-0.05, 0) is 69.2 Å². The van der Waals surface area contributed by atoms with Gasteiger partial charge in [0, 0.05) is 47.7 Å². The second kappa shape index (κ2) is 8.25. The topological polar surface area (TPSA) is 51.5 Å². The van der Waals surface area contributed by atoms with Gasteiger partial charge < -0.3 is 9.30 Å². The van der Waals surface area contributed by atoms with Crippen molar-refractivity contribution in [3.63, 3.8) is 0 Å². The van der Waals surface area contributed by atoms with Gasteiger partial charge in [-0.15, -0.1) is 0 Å². The Hall–Kier alpha value is -2.02. The molecule has 1 aliphatic heterocycles. The van der Waals surface area contributed by atoms with E-state index in [4.69, 9.17) is 16.3 Å². The van der Waals surface area contributed by atoms with Gasteiger partial charge in [0.25, 0.3) is 0 Å². The molecule has 7 heteroatoms. The number of aryl methyl sites for hydroxylation is 1. The van der Waals surface area contributed by atoms with Gasteiger partial charge in [0.05, 0.1) is 11.0 Å². The standard InChI is InChI=1S/C23H27ClN2O3S/c1-4-25-15-22(21-10-5-18(24)13-23(21)25)17-11-12-26(14-17)30(27,28)20-8-6-19(7-9-20)29-16(2)3/h5-10,13,15-17H,4,11-12,14H2,1-3H3/t17-/m1/s1. The first-order valence-electron chi connectivity index (χ1n) is 10.3. The fourth-order valence-electron chi connectivity index (χ4n) is 4.19. The summed E-state index contributed by atoms with van der Waals surface area (Å²) in [5.74, 6) is 0.842. The third kappa shape index (κ3) is 3.96. The second-order valence-electron chi connectivity index (χ2n) is 8.02. The minimum Gasteiger partial charge on any atom is -0.491 e. The van der Waals surface area contributed by atoms with E-state index in [-0.39, 0.29) is 12.0 Å². The van der Waals surface area contributed by atoms with Crippen molar-refractivity contribution in [1.29, 1.82) is 0 Å². The molecule has 0 saturated carbocycles. The monoisotopic (exact) mass is 446 g/mol. The molecule has 0 amide bonds. The summed E-state index contributed by atoms with van der Waals surface area (Å²) in [6, 6.07) is 12.6. The van der Waals surface area contributed by atoms with Crippen molar-refractivity contribution in [2.24, 2.45) is 0 Å². The number of hydrogen-bond acceptors (Lipinski definition) is 3. The number of fused-ring (bicyclic) bond motifs is 1. The second-order valence-corrected chi connectivity index (χ2v) is 10.4. The molecule has 2 aromatic carbocycles. The van der Waals surface area contributed by atoms with Crippen LogP contribution in [0, 0.1) is 0 Å². The molecule has 1 saturated heterocycles. The lowest BCUT2D eigenvalue weighted by Gasteiger charge is -2.17. The molecule has 1 aliphatic rings. The van der Waals surface area contributed by atoms with Crippen LogP contribution in [0.25, 0.3) is 10.9 Å². The summed E-state index contributed by atoms with van der Waals surface area (Å²) in [5.41, 5.74) is 2.30. The zero-order valence-corrected chi connectivity index (χ0v) is 19.1. The van der Waals surface area contributed by atoms with E-state index in [1.165, 1.54) is 5.56 Å². The molecule has 0 bridgehead atoms. The molecule has 2 heterocycles. The van der Waals surface area contributed by atoms with Crippen LogP contribution in [0.3, 0.4) is 0 Å². The van der Waals surface area contributed by atoms with Crippen molar-refractivity contribution in [3.8, 4) is 5.75 Å². The molecule has 0 unspecified atom stereocenters. The first-order valence-corrected chi connectivity index (χ1v) is 12.2. The summed E-state index contributed by atoms with van der Waals surface area (Å²) in [6.45, 7) is 7.83. The summed E-state index contributed by atoms with van der Waals surface area (Å²) >= 11 is 6.20. The molecule has 0 spiro atoms. The minimum absolute atomic E-state index is 0.0481. The number of sulfonamides is 1. The Bertz CT molecular complexity index is 1150. The molecule has 160 valence electrons. The lowest BCUT2D eigenvalue weighted by atomic mass is 9.98. The van der Waals surface area contributed by atoms with Crippen LogP contribution >= 0.6 is 11.6 Å². The lowest BCUT2D eigenvalue weighted by molar-refractivity contribution is 0.242. The number of rotatable bonds is 6. The summed E-state index contributed by atoms with van der Waals surface area (Å²) < 4.78 is 35.8. The average Bonchev–Trinajstić information content (AvgIpc) is 3.32. The van der Waals surface area contributed by atoms with Crippen molar-refractivity contribution in [3.05, 3.63) is 59.2 Å². The van der Waals surface area contributed by atoms with Crippen LogP contribution in [0.4, 0.5) is 0 Å². The summed E-state index contributed by atoms with van der Waals surface area (Å²) in [5, 5.41) is 1.86. The molecule has 1 atom stereocenters. The van der Waals surface area contributed by atoms with Crippen molar-refractivity contribution >= 4 is 32.5 Å². The number of benzene rings is 2. The largest absolute Gasteiger partial charge is 0.491 e. The minimum atomic E-state index is -3.53. The van der Waals surface area contributed by atoms with Gasteiger partial charge in [-0.3, -0.25) is 0 Å². The van der Waals surface area contributed by atoms with Crippen molar-refractivity contribution in [2.75, 3.05) is 13.1 Å². The molecule has 0 radical (unpaired) electrons. The van der Waals surface area contributed by atoms with Crippen LogP contribution in [-0.2, 0) is 16.6 Å². The quantitative estimate of drug-likeness (QED) is 0.517. The van der Waals surface area contributed by atoms with E-state index < -0.39 is 10.0 Å². The van der Waals surface area contributed by atoms with Gasteiger partial charge in [0.15, 0.2) is 0 Å². The summed E-state index contributed by atoms with van der Waals surface area (Å²) in [6.07, 6.45) is 3.01. The third-order valence-corrected chi connectivity index (χ3v) is 7.75. The van der Waals surface area contributed by atoms with Gasteiger partial charge >= 0.3 is 0 Å². The number of halogens is 1. The van der Waals surface area contributed by atoms with E-state index in [1.807, 2.05) is 32.0 Å². The van der Waals surface area contributed by atoms with Gasteiger partial charge in [-0.25, -0.2) is 8.42 Å². The highest BCUT2D eigenvalue weighted by molar-refractivity contribution is 7.89. The molecule has 1 fully saturated rings. The SMILES string of the molecule is CCn1cc([C@@H]2CCN(S(=O)(=O)c3ccc(OC(C)C)cc3)C2)c2ccc(Cl)cc21. The van der Waals surface area contributed by atoms with E-state index in [1.54, 1.807) is 28.6 Å². The molecular formula is C23H27ClN2O3S. The Balaban J connectivity index is 1.58. The average molecular weight is 447 g/mol. The smallest absolute Gasteiger partial charge is 0.243 e. The molecular weight excluding hydrogens is 420 g/mol. The number of ether oxygens (including phenoxy) is 1. The van der Waals surface area contributed by atoms with E-state index >= 15 is 0 Å². The number of hydrogen-bond donors (Lipinski definition) is 0. The summed E-state index contributed by atoms with van der Waals surface area (Å²) in [7, 11) is -3.53. The lowest BCUT2D eigenvalue weighted by Crippen LogP contribution is -2.28. The first kappa shape index (κ1) is 21.2. The predicted octanol–water partition coefficient (Wildman–Crippen LogP) is 5.28. The van der Waals surface area contributed by atoms with Crippen LogP contribution in [0.1, 0.15) is 38.7 Å². The highest BCUT2D eigenvalue weighted by Crippen LogP contribution is 2.37. The Morgan fingerprint density at radius 3 is 2.57 bits per heavy atom. The van der Waals surface area contributed by atoms with Crippen LogP contribution in [-0.4, -0.2) is 36.5 Å². The molecule has 0 aliphatic carbocycles. The maximum absolute atomic E-state index is 13.2. The maximum Gasteiger partial charge on any atom is 0.243 e. The Labute approximate surface area is 183 Å². The zero-order valence-electron chi connectivity index (χ0n) is 17.5. The van der Waals surface area contributed by atoms with Crippen LogP contribution in [0.2, 0.25) is 5.02 Å².